The van der Waals surface area contributed by atoms with E-state index in [2.05, 4.69) is 26.0 Å². The second-order valence-electron chi connectivity index (χ2n) is 8.46. The van der Waals surface area contributed by atoms with Crippen molar-refractivity contribution in [1.82, 2.24) is 4.90 Å². The fourth-order valence-corrected chi connectivity index (χ4v) is 4.67. The minimum absolute atomic E-state index is 0.166. The number of aliphatic hydroxyl groups is 1. The zero-order valence-corrected chi connectivity index (χ0v) is 17.1. The lowest BCUT2D eigenvalue weighted by Gasteiger charge is -2.51. The van der Waals surface area contributed by atoms with Gasteiger partial charge in [-0.3, -0.25) is 4.90 Å². The van der Waals surface area contributed by atoms with Gasteiger partial charge in [-0.25, -0.2) is 4.79 Å². The van der Waals surface area contributed by atoms with Crippen molar-refractivity contribution >= 4 is 6.09 Å². The normalized spacial score (nSPS) is 26.2. The Morgan fingerprint density at radius 1 is 1.10 bits per heavy atom. The standard InChI is InChI=1S/C24H29NO4/c1-17-7-6-10-20(18(17)2)11-24(27)12-21-15-28-16-22(13-24)25(21)23(26)29-14-19-8-4-3-5-9-19/h3-10,21-22,27H,11-16H2,1-2H3. The van der Waals surface area contributed by atoms with Crippen LogP contribution >= 0.6 is 0 Å². The third kappa shape index (κ3) is 4.31. The van der Waals surface area contributed by atoms with Crippen molar-refractivity contribution in [2.45, 2.75) is 57.4 Å². The predicted molar refractivity (Wildman–Crippen MR) is 111 cm³/mol. The summed E-state index contributed by atoms with van der Waals surface area (Å²) >= 11 is 0. The first-order chi connectivity index (χ1) is 14.0. The Labute approximate surface area is 172 Å². The number of nitrogens with zero attached hydrogens (tertiary/aromatic N) is 1. The quantitative estimate of drug-likeness (QED) is 0.856. The largest absolute Gasteiger partial charge is 0.445 e. The van der Waals surface area contributed by atoms with Crippen molar-refractivity contribution in [2.75, 3.05) is 13.2 Å². The van der Waals surface area contributed by atoms with E-state index in [0.29, 0.717) is 32.5 Å². The molecule has 154 valence electrons. The van der Waals surface area contributed by atoms with Gasteiger partial charge in [-0.1, -0.05) is 48.5 Å². The number of aryl methyl sites for hydroxylation is 1. The molecule has 2 bridgehead atoms. The molecule has 0 spiro atoms. The van der Waals surface area contributed by atoms with Crippen LogP contribution < -0.4 is 0 Å². The van der Waals surface area contributed by atoms with Crippen LogP contribution in [-0.4, -0.2) is 47.0 Å². The maximum Gasteiger partial charge on any atom is 0.410 e. The first-order valence-corrected chi connectivity index (χ1v) is 10.3. The number of morpholine rings is 1. The molecule has 0 aromatic heterocycles. The van der Waals surface area contributed by atoms with Crippen LogP contribution in [0, 0.1) is 13.8 Å². The molecule has 1 amide bonds. The number of fused-ring (bicyclic) bond motifs is 2. The lowest BCUT2D eigenvalue weighted by atomic mass is 9.77. The average Bonchev–Trinajstić information content (AvgIpc) is 2.70. The molecule has 2 saturated heterocycles. The van der Waals surface area contributed by atoms with E-state index < -0.39 is 5.60 Å². The van der Waals surface area contributed by atoms with Gasteiger partial charge in [0, 0.05) is 6.42 Å². The van der Waals surface area contributed by atoms with Gasteiger partial charge in [-0.2, -0.15) is 0 Å². The molecule has 2 atom stereocenters. The van der Waals surface area contributed by atoms with E-state index in [1.54, 1.807) is 4.90 Å². The highest BCUT2D eigenvalue weighted by Crippen LogP contribution is 2.37. The number of hydrogen-bond acceptors (Lipinski definition) is 4. The summed E-state index contributed by atoms with van der Waals surface area (Å²) < 4.78 is 11.3. The number of benzene rings is 2. The van der Waals surface area contributed by atoms with Crippen molar-refractivity contribution in [2.24, 2.45) is 0 Å². The van der Waals surface area contributed by atoms with Gasteiger partial charge in [0.05, 0.1) is 30.9 Å². The molecule has 2 fully saturated rings. The molecule has 2 aliphatic rings. The fourth-order valence-electron chi connectivity index (χ4n) is 4.67. The Hall–Kier alpha value is -2.37. The zero-order valence-electron chi connectivity index (χ0n) is 17.1. The van der Waals surface area contributed by atoms with Gasteiger partial charge < -0.3 is 14.6 Å². The summed E-state index contributed by atoms with van der Waals surface area (Å²) in [7, 11) is 0. The van der Waals surface area contributed by atoms with E-state index in [1.165, 1.54) is 16.7 Å². The monoisotopic (exact) mass is 395 g/mol. The predicted octanol–water partition coefficient (Wildman–Crippen LogP) is 3.78. The van der Waals surface area contributed by atoms with Crippen LogP contribution in [0.4, 0.5) is 4.79 Å². The Morgan fingerprint density at radius 3 is 2.48 bits per heavy atom. The molecule has 5 nitrogen and oxygen atoms in total. The Morgan fingerprint density at radius 2 is 1.79 bits per heavy atom. The van der Waals surface area contributed by atoms with E-state index in [-0.39, 0.29) is 24.8 Å². The average molecular weight is 395 g/mol. The first kappa shape index (κ1) is 19.9. The number of hydrogen-bond donors (Lipinski definition) is 1. The maximum atomic E-state index is 12.8. The van der Waals surface area contributed by atoms with Crippen molar-refractivity contribution in [3.63, 3.8) is 0 Å². The van der Waals surface area contributed by atoms with E-state index in [1.807, 2.05) is 36.4 Å². The Balaban J connectivity index is 1.45. The minimum Gasteiger partial charge on any atom is -0.445 e. The lowest BCUT2D eigenvalue weighted by Crippen LogP contribution is -2.64. The number of ether oxygens (including phenoxy) is 2. The third-order valence-corrected chi connectivity index (χ3v) is 6.29. The topological polar surface area (TPSA) is 59.0 Å². The van der Waals surface area contributed by atoms with Crippen LogP contribution in [0.3, 0.4) is 0 Å². The number of rotatable bonds is 4. The number of carbonyl (C=O) groups is 1. The first-order valence-electron chi connectivity index (χ1n) is 10.3. The summed E-state index contributed by atoms with van der Waals surface area (Å²) in [5, 5.41) is 11.4. The van der Waals surface area contributed by atoms with Gasteiger partial charge in [-0.05, 0) is 48.9 Å². The molecule has 2 heterocycles. The number of amides is 1. The zero-order chi connectivity index (χ0) is 20.4. The molecule has 2 aromatic rings. The van der Waals surface area contributed by atoms with Crippen LogP contribution in [0.1, 0.15) is 35.1 Å². The van der Waals surface area contributed by atoms with Crippen LogP contribution in [0.25, 0.3) is 0 Å². The highest BCUT2D eigenvalue weighted by molar-refractivity contribution is 5.69. The highest BCUT2D eigenvalue weighted by Gasteiger charge is 2.48. The second kappa shape index (κ2) is 8.17. The van der Waals surface area contributed by atoms with Crippen molar-refractivity contribution in [3.8, 4) is 0 Å². The van der Waals surface area contributed by atoms with Gasteiger partial charge in [-0.15, -0.1) is 0 Å². The SMILES string of the molecule is Cc1cccc(CC2(O)CC3COCC(C2)N3C(=O)OCc2ccccc2)c1C. The molecule has 1 N–H and O–H groups in total. The Kier molecular flexibility index (Phi) is 5.61. The second-order valence-corrected chi connectivity index (χ2v) is 8.46. The van der Waals surface area contributed by atoms with Gasteiger partial charge >= 0.3 is 6.09 Å². The molecule has 2 aromatic carbocycles. The molecule has 0 saturated carbocycles. The van der Waals surface area contributed by atoms with Gasteiger partial charge in [0.2, 0.25) is 0 Å². The maximum absolute atomic E-state index is 12.8. The Bertz CT molecular complexity index is 852. The highest BCUT2D eigenvalue weighted by atomic mass is 16.6. The lowest BCUT2D eigenvalue weighted by molar-refractivity contribution is -0.132. The molecule has 0 radical (unpaired) electrons. The van der Waals surface area contributed by atoms with E-state index in [4.69, 9.17) is 9.47 Å². The summed E-state index contributed by atoms with van der Waals surface area (Å²) in [5.41, 5.74) is 3.76. The molecule has 0 aliphatic carbocycles. The number of piperidine rings is 1. The third-order valence-electron chi connectivity index (χ3n) is 6.29. The molecule has 4 rings (SSSR count). The van der Waals surface area contributed by atoms with Gasteiger partial charge in [0.1, 0.15) is 6.61 Å². The number of carbonyl (C=O) groups excluding carboxylic acids is 1. The smallest absolute Gasteiger partial charge is 0.410 e. The summed E-state index contributed by atoms with van der Waals surface area (Å²) in [4.78, 5) is 14.6. The van der Waals surface area contributed by atoms with Gasteiger partial charge in [0.15, 0.2) is 0 Å². The van der Waals surface area contributed by atoms with Gasteiger partial charge in [0.25, 0.3) is 0 Å². The van der Waals surface area contributed by atoms with Crippen molar-refractivity contribution in [1.29, 1.82) is 0 Å². The molecule has 2 aliphatic heterocycles. The van der Waals surface area contributed by atoms with Crippen molar-refractivity contribution in [3.05, 3.63) is 70.8 Å². The molecular weight excluding hydrogens is 366 g/mol. The van der Waals surface area contributed by atoms with Crippen LogP contribution in [0.2, 0.25) is 0 Å². The summed E-state index contributed by atoms with van der Waals surface area (Å²) in [6.45, 7) is 5.33. The van der Waals surface area contributed by atoms with E-state index in [9.17, 15) is 9.90 Å². The molecule has 2 unspecified atom stereocenters. The minimum atomic E-state index is -0.839. The van der Waals surface area contributed by atoms with Crippen molar-refractivity contribution < 1.29 is 19.4 Å². The fraction of sp³-hybridized carbons (Fsp3) is 0.458. The van der Waals surface area contributed by atoms with Crippen LogP contribution in [0.15, 0.2) is 48.5 Å². The molecule has 29 heavy (non-hydrogen) atoms. The summed E-state index contributed by atoms with van der Waals surface area (Å²) in [6.07, 6.45) is 1.27. The summed E-state index contributed by atoms with van der Waals surface area (Å²) in [6, 6.07) is 15.6. The molecule has 5 heteroatoms. The van der Waals surface area contributed by atoms with Crippen LogP contribution in [0.5, 0.6) is 0 Å². The summed E-state index contributed by atoms with van der Waals surface area (Å²) in [5.74, 6) is 0. The van der Waals surface area contributed by atoms with E-state index in [0.717, 1.165) is 5.56 Å². The van der Waals surface area contributed by atoms with E-state index >= 15 is 0 Å². The molecular formula is C24H29NO4. The van der Waals surface area contributed by atoms with Crippen LogP contribution in [-0.2, 0) is 22.5 Å².